The number of benzene rings is 1. The number of para-hydroxylation sites is 1. The van der Waals surface area contributed by atoms with Gasteiger partial charge in [-0.15, -0.1) is 10.2 Å². The minimum atomic E-state index is -0.105. The van der Waals surface area contributed by atoms with Crippen molar-refractivity contribution >= 4 is 17.4 Å². The molecule has 6 heteroatoms. The topological polar surface area (TPSA) is 59.9 Å². The standard InChI is InChI=1S/C17H22N4OS/c1-3-5-8-11-23-17-19-16-15(20-21-17)12-9-6-7-10-13(12)18-14(4-2)22-16/h6-7,9-10,14,18H,3-5,8,11H2,1-2H3/t14-/m1/s1. The molecule has 23 heavy (non-hydrogen) atoms. The van der Waals surface area contributed by atoms with Gasteiger partial charge in [0.1, 0.15) is 0 Å². The van der Waals surface area contributed by atoms with Gasteiger partial charge in [0.2, 0.25) is 11.0 Å². The van der Waals surface area contributed by atoms with E-state index >= 15 is 0 Å². The van der Waals surface area contributed by atoms with E-state index in [-0.39, 0.29) is 6.23 Å². The van der Waals surface area contributed by atoms with Crippen LogP contribution in [-0.2, 0) is 0 Å². The van der Waals surface area contributed by atoms with E-state index in [1.807, 2.05) is 24.3 Å². The maximum absolute atomic E-state index is 6.02. The van der Waals surface area contributed by atoms with Gasteiger partial charge in [-0.05, 0) is 12.5 Å². The summed E-state index contributed by atoms with van der Waals surface area (Å²) in [5, 5.41) is 12.8. The van der Waals surface area contributed by atoms with E-state index < -0.39 is 0 Å². The van der Waals surface area contributed by atoms with E-state index in [2.05, 4.69) is 34.3 Å². The molecule has 2 heterocycles. The van der Waals surface area contributed by atoms with Gasteiger partial charge in [-0.25, -0.2) is 0 Å². The summed E-state index contributed by atoms with van der Waals surface area (Å²) >= 11 is 1.64. The van der Waals surface area contributed by atoms with Crippen molar-refractivity contribution in [2.24, 2.45) is 0 Å². The Hall–Kier alpha value is -1.82. The average Bonchev–Trinajstić information content (AvgIpc) is 2.74. The molecule has 0 saturated carbocycles. The van der Waals surface area contributed by atoms with E-state index in [0.29, 0.717) is 16.7 Å². The molecule has 0 radical (unpaired) electrons. The van der Waals surface area contributed by atoms with Crippen molar-refractivity contribution in [1.29, 1.82) is 0 Å². The summed E-state index contributed by atoms with van der Waals surface area (Å²) in [5.74, 6) is 1.59. The highest BCUT2D eigenvalue weighted by atomic mass is 32.2. The van der Waals surface area contributed by atoms with Gasteiger partial charge >= 0.3 is 0 Å². The number of ether oxygens (including phenoxy) is 1. The summed E-state index contributed by atoms with van der Waals surface area (Å²) in [6.45, 7) is 4.29. The average molecular weight is 330 g/mol. The van der Waals surface area contributed by atoms with Crippen molar-refractivity contribution < 1.29 is 4.74 Å². The summed E-state index contributed by atoms with van der Waals surface area (Å²) in [4.78, 5) is 4.60. The zero-order valence-corrected chi connectivity index (χ0v) is 14.4. The number of unbranched alkanes of at least 4 members (excludes halogenated alkanes) is 2. The van der Waals surface area contributed by atoms with Crippen LogP contribution in [0.1, 0.15) is 39.5 Å². The lowest BCUT2D eigenvalue weighted by atomic mass is 10.1. The Morgan fingerprint density at radius 2 is 2.04 bits per heavy atom. The number of rotatable bonds is 6. The van der Waals surface area contributed by atoms with E-state index in [1.165, 1.54) is 19.3 Å². The van der Waals surface area contributed by atoms with E-state index in [9.17, 15) is 0 Å². The van der Waals surface area contributed by atoms with Gasteiger partial charge in [-0.3, -0.25) is 0 Å². The van der Waals surface area contributed by atoms with Gasteiger partial charge < -0.3 is 10.1 Å². The van der Waals surface area contributed by atoms with Gasteiger partial charge in [0.15, 0.2) is 11.9 Å². The third kappa shape index (κ3) is 3.75. The molecule has 2 aromatic rings. The molecule has 0 amide bonds. The molecule has 0 bridgehead atoms. The largest absolute Gasteiger partial charge is 0.452 e. The number of thioether (sulfide) groups is 1. The second-order valence-electron chi connectivity index (χ2n) is 5.51. The molecule has 3 rings (SSSR count). The second kappa shape index (κ2) is 7.64. The fourth-order valence-corrected chi connectivity index (χ4v) is 3.24. The van der Waals surface area contributed by atoms with Crippen molar-refractivity contribution in [3.8, 4) is 17.1 Å². The molecule has 0 unspecified atom stereocenters. The summed E-state index contributed by atoms with van der Waals surface area (Å²) in [5.41, 5.74) is 2.71. The number of hydrogen-bond acceptors (Lipinski definition) is 6. The Balaban J connectivity index is 1.87. The zero-order chi connectivity index (χ0) is 16.1. The predicted molar refractivity (Wildman–Crippen MR) is 93.8 cm³/mol. The quantitative estimate of drug-likeness (QED) is 0.627. The van der Waals surface area contributed by atoms with Crippen LogP contribution in [0.2, 0.25) is 0 Å². The summed E-state index contributed by atoms with van der Waals surface area (Å²) < 4.78 is 6.02. The van der Waals surface area contributed by atoms with Crippen LogP contribution in [-0.4, -0.2) is 27.2 Å². The van der Waals surface area contributed by atoms with Crippen molar-refractivity contribution in [1.82, 2.24) is 15.2 Å². The lowest BCUT2D eigenvalue weighted by molar-refractivity contribution is 0.216. The normalized spacial score (nSPS) is 15.8. The first-order chi connectivity index (χ1) is 11.3. The Morgan fingerprint density at radius 1 is 1.17 bits per heavy atom. The molecule has 1 aromatic heterocycles. The highest BCUT2D eigenvalue weighted by Crippen LogP contribution is 2.36. The van der Waals surface area contributed by atoms with Gasteiger partial charge in [-0.2, -0.15) is 4.98 Å². The maximum atomic E-state index is 6.02. The molecule has 0 spiro atoms. The fraction of sp³-hybridized carbons (Fsp3) is 0.471. The first-order valence-corrected chi connectivity index (χ1v) is 9.20. The smallest absolute Gasteiger partial charge is 0.247 e. The van der Waals surface area contributed by atoms with E-state index in [1.54, 1.807) is 11.8 Å². The number of anilines is 1. The van der Waals surface area contributed by atoms with Crippen LogP contribution in [0, 0.1) is 0 Å². The van der Waals surface area contributed by atoms with Gasteiger partial charge in [0.25, 0.3) is 0 Å². The summed E-state index contributed by atoms with van der Waals surface area (Å²) in [6, 6.07) is 8.05. The molecule has 1 aromatic carbocycles. The van der Waals surface area contributed by atoms with Crippen LogP contribution in [0.25, 0.3) is 11.3 Å². The SMILES string of the molecule is CCCCCSc1nnc2c(n1)O[C@H](CC)Nc1ccccc1-2. The molecule has 5 nitrogen and oxygen atoms in total. The van der Waals surface area contributed by atoms with E-state index in [4.69, 9.17) is 4.74 Å². The lowest BCUT2D eigenvalue weighted by Gasteiger charge is -2.16. The fourth-order valence-electron chi connectivity index (χ4n) is 2.46. The van der Waals surface area contributed by atoms with Gasteiger partial charge in [0, 0.05) is 23.4 Å². The molecule has 1 N–H and O–H groups in total. The Kier molecular flexibility index (Phi) is 5.33. The summed E-state index contributed by atoms with van der Waals surface area (Å²) in [7, 11) is 0. The van der Waals surface area contributed by atoms with Crippen LogP contribution in [0.5, 0.6) is 5.88 Å². The number of hydrogen-bond donors (Lipinski definition) is 1. The number of aromatic nitrogens is 3. The zero-order valence-electron chi connectivity index (χ0n) is 13.6. The van der Waals surface area contributed by atoms with Crippen molar-refractivity contribution in [3.05, 3.63) is 24.3 Å². The molecule has 0 fully saturated rings. The van der Waals surface area contributed by atoms with Crippen LogP contribution in [0.15, 0.2) is 29.4 Å². The highest BCUT2D eigenvalue weighted by Gasteiger charge is 2.23. The highest BCUT2D eigenvalue weighted by molar-refractivity contribution is 7.99. The maximum Gasteiger partial charge on any atom is 0.247 e. The predicted octanol–water partition coefficient (Wildman–Crippen LogP) is 4.36. The van der Waals surface area contributed by atoms with Crippen molar-refractivity contribution in [2.45, 2.75) is 50.9 Å². The van der Waals surface area contributed by atoms with Crippen LogP contribution in [0.4, 0.5) is 5.69 Å². The molecule has 1 aliphatic rings. The number of fused-ring (bicyclic) bond motifs is 3. The minimum absolute atomic E-state index is 0.105. The number of nitrogens with zero attached hydrogens (tertiary/aromatic N) is 3. The molecule has 122 valence electrons. The molecular formula is C17H22N4OS. The van der Waals surface area contributed by atoms with Crippen LogP contribution in [0.3, 0.4) is 0 Å². The Labute approximate surface area is 141 Å². The van der Waals surface area contributed by atoms with Crippen LogP contribution >= 0.6 is 11.8 Å². The van der Waals surface area contributed by atoms with Crippen molar-refractivity contribution in [2.75, 3.05) is 11.1 Å². The molecule has 1 atom stereocenters. The van der Waals surface area contributed by atoms with Gasteiger partial charge in [0.05, 0.1) is 0 Å². The first kappa shape index (κ1) is 16.1. The summed E-state index contributed by atoms with van der Waals surface area (Å²) in [6.07, 6.45) is 4.36. The Bertz CT molecular complexity index is 665. The first-order valence-electron chi connectivity index (χ1n) is 8.22. The molecule has 0 saturated heterocycles. The Morgan fingerprint density at radius 3 is 2.87 bits per heavy atom. The lowest BCUT2D eigenvalue weighted by Crippen LogP contribution is -2.24. The second-order valence-corrected chi connectivity index (χ2v) is 6.57. The van der Waals surface area contributed by atoms with Gasteiger partial charge in [-0.1, -0.05) is 56.7 Å². The molecule has 1 aliphatic heterocycles. The van der Waals surface area contributed by atoms with Crippen molar-refractivity contribution in [3.63, 3.8) is 0 Å². The molecule has 0 aliphatic carbocycles. The third-order valence-corrected chi connectivity index (χ3v) is 4.66. The molecular weight excluding hydrogens is 308 g/mol. The number of nitrogens with one attached hydrogen (secondary N) is 1. The van der Waals surface area contributed by atoms with E-state index in [0.717, 1.165) is 23.4 Å². The minimum Gasteiger partial charge on any atom is -0.452 e. The van der Waals surface area contributed by atoms with Crippen LogP contribution < -0.4 is 10.1 Å². The third-order valence-electron chi connectivity index (χ3n) is 3.74. The monoisotopic (exact) mass is 330 g/mol.